The molecule has 1 aromatic heterocycles. The number of nitrogen functional groups attached to an aromatic ring is 1. The molecule has 7 nitrogen and oxygen atoms in total. The van der Waals surface area contributed by atoms with Gasteiger partial charge in [-0.3, -0.25) is 9.10 Å². The fourth-order valence-electron chi connectivity index (χ4n) is 4.25. The molecule has 2 heterocycles. The van der Waals surface area contributed by atoms with Crippen molar-refractivity contribution in [2.24, 2.45) is 0 Å². The average Bonchev–Trinajstić information content (AvgIpc) is 3.22. The van der Waals surface area contributed by atoms with Gasteiger partial charge in [0.05, 0.1) is 4.88 Å². The number of benzene rings is 2. The number of nitrogens with two attached hydrogens (primary N) is 1. The SMILES string of the molecule is CC(C)(C)OC(=O)c1sc(-c2cccc(NC3CCN(SCc4cccc(N)c4)CC3)c2)c(Cl)c1OCC=O. The molecular formula is C29H34ClN3O4S2. The second-order valence-corrected chi connectivity index (χ2v) is 12.8. The van der Waals surface area contributed by atoms with Gasteiger partial charge in [-0.25, -0.2) is 4.79 Å². The van der Waals surface area contributed by atoms with Crippen molar-refractivity contribution in [3.63, 3.8) is 0 Å². The largest absolute Gasteiger partial charge is 0.483 e. The van der Waals surface area contributed by atoms with Crippen molar-refractivity contribution in [2.75, 3.05) is 30.7 Å². The molecule has 4 rings (SSSR count). The molecule has 0 amide bonds. The highest BCUT2D eigenvalue weighted by Crippen LogP contribution is 2.46. The van der Waals surface area contributed by atoms with Crippen molar-refractivity contribution < 1.29 is 19.1 Å². The summed E-state index contributed by atoms with van der Waals surface area (Å²) in [4.78, 5) is 24.8. The van der Waals surface area contributed by atoms with Crippen LogP contribution in [0.3, 0.4) is 0 Å². The summed E-state index contributed by atoms with van der Waals surface area (Å²) in [5.74, 6) is 0.562. The minimum Gasteiger partial charge on any atom is -0.483 e. The fourth-order valence-corrected chi connectivity index (χ4v) is 6.67. The minimum atomic E-state index is -0.677. The van der Waals surface area contributed by atoms with Crippen LogP contribution in [0.25, 0.3) is 10.4 Å². The van der Waals surface area contributed by atoms with Gasteiger partial charge in [0.15, 0.2) is 16.9 Å². The van der Waals surface area contributed by atoms with Crippen LogP contribution in [0.4, 0.5) is 11.4 Å². The molecule has 39 heavy (non-hydrogen) atoms. The zero-order valence-corrected chi connectivity index (χ0v) is 24.8. The van der Waals surface area contributed by atoms with Crippen LogP contribution in [-0.4, -0.2) is 47.9 Å². The lowest BCUT2D eigenvalue weighted by atomic mass is 10.1. The van der Waals surface area contributed by atoms with E-state index in [2.05, 4.69) is 15.7 Å². The number of anilines is 2. The molecule has 0 aliphatic carbocycles. The predicted molar refractivity (Wildman–Crippen MR) is 162 cm³/mol. The van der Waals surface area contributed by atoms with E-state index in [1.807, 2.05) is 54.4 Å². The summed E-state index contributed by atoms with van der Waals surface area (Å²) in [7, 11) is 0. The minimum absolute atomic E-state index is 0.180. The summed E-state index contributed by atoms with van der Waals surface area (Å²) in [6.07, 6.45) is 2.68. The van der Waals surface area contributed by atoms with Crippen molar-refractivity contribution in [1.29, 1.82) is 0 Å². The number of thiophene rings is 1. The van der Waals surface area contributed by atoms with Gasteiger partial charge in [-0.05, 0) is 69.0 Å². The number of esters is 1. The number of piperidine rings is 1. The van der Waals surface area contributed by atoms with Crippen LogP contribution in [0.2, 0.25) is 5.02 Å². The number of hydrogen-bond acceptors (Lipinski definition) is 9. The maximum Gasteiger partial charge on any atom is 0.352 e. The lowest BCUT2D eigenvalue weighted by molar-refractivity contribution is -0.109. The molecule has 0 spiro atoms. The highest BCUT2D eigenvalue weighted by Gasteiger charge is 2.28. The van der Waals surface area contributed by atoms with Gasteiger partial charge in [-0.1, -0.05) is 47.8 Å². The number of aldehydes is 1. The number of ether oxygens (including phenoxy) is 2. The van der Waals surface area contributed by atoms with Gasteiger partial charge in [0, 0.05) is 36.3 Å². The van der Waals surface area contributed by atoms with Crippen LogP contribution in [-0.2, 0) is 15.3 Å². The lowest BCUT2D eigenvalue weighted by Gasteiger charge is -2.32. The highest BCUT2D eigenvalue weighted by molar-refractivity contribution is 7.96. The van der Waals surface area contributed by atoms with Crippen molar-refractivity contribution in [2.45, 2.75) is 51.0 Å². The third-order valence-electron chi connectivity index (χ3n) is 6.00. The molecule has 1 aliphatic heterocycles. The van der Waals surface area contributed by atoms with Crippen LogP contribution < -0.4 is 15.8 Å². The summed E-state index contributed by atoms with van der Waals surface area (Å²) in [5, 5.41) is 3.96. The number of rotatable bonds is 10. The number of hydrogen-bond donors (Lipinski definition) is 2. The van der Waals surface area contributed by atoms with E-state index in [9.17, 15) is 9.59 Å². The molecule has 0 saturated carbocycles. The summed E-state index contributed by atoms with van der Waals surface area (Å²) in [5.41, 5.74) is 9.10. The van der Waals surface area contributed by atoms with E-state index in [-0.39, 0.29) is 17.2 Å². The first kappa shape index (κ1) is 29.3. The van der Waals surface area contributed by atoms with Gasteiger partial charge in [-0.2, -0.15) is 0 Å². The molecule has 10 heteroatoms. The maximum absolute atomic E-state index is 12.9. The summed E-state index contributed by atoms with van der Waals surface area (Å²) in [6, 6.07) is 16.4. The van der Waals surface area contributed by atoms with Gasteiger partial charge in [0.25, 0.3) is 0 Å². The Morgan fingerprint density at radius 2 is 1.95 bits per heavy atom. The zero-order chi connectivity index (χ0) is 28.0. The molecule has 208 valence electrons. The normalized spacial score (nSPS) is 14.7. The van der Waals surface area contributed by atoms with E-state index >= 15 is 0 Å². The Bertz CT molecular complexity index is 1300. The quantitative estimate of drug-likeness (QED) is 0.114. The molecule has 1 aliphatic rings. The lowest BCUT2D eigenvalue weighted by Crippen LogP contribution is -2.35. The van der Waals surface area contributed by atoms with Crippen LogP contribution in [0, 0.1) is 0 Å². The zero-order valence-electron chi connectivity index (χ0n) is 22.4. The summed E-state index contributed by atoms with van der Waals surface area (Å²) >= 11 is 9.74. The van der Waals surface area contributed by atoms with Gasteiger partial charge in [-0.15, -0.1) is 11.3 Å². The maximum atomic E-state index is 12.9. The van der Waals surface area contributed by atoms with Crippen LogP contribution in [0.15, 0.2) is 48.5 Å². The van der Waals surface area contributed by atoms with Crippen molar-refractivity contribution >= 4 is 58.5 Å². The molecule has 3 aromatic rings. The summed E-state index contributed by atoms with van der Waals surface area (Å²) in [6.45, 7) is 7.18. The number of carbonyl (C=O) groups is 2. The first-order chi connectivity index (χ1) is 18.6. The van der Waals surface area contributed by atoms with Crippen LogP contribution in [0.1, 0.15) is 48.8 Å². The van der Waals surface area contributed by atoms with E-state index in [0.29, 0.717) is 22.2 Å². The number of nitrogens with zero attached hydrogens (tertiary/aromatic N) is 1. The van der Waals surface area contributed by atoms with E-state index in [1.54, 1.807) is 20.8 Å². The molecule has 2 aromatic carbocycles. The third kappa shape index (κ3) is 8.14. The molecular weight excluding hydrogens is 554 g/mol. The van der Waals surface area contributed by atoms with E-state index < -0.39 is 11.6 Å². The molecule has 0 bridgehead atoms. The number of halogens is 1. The standard InChI is InChI=1S/C29H34ClN3O4S2/c1-29(2,3)37-28(35)27-25(36-15-14-34)24(30)26(39-27)20-7-5-9-23(17-20)32-22-10-12-33(13-11-22)38-18-19-6-4-8-21(31)16-19/h4-9,14,16-17,22,32H,10-13,15,18,31H2,1-3H3. The van der Waals surface area contributed by atoms with E-state index in [4.69, 9.17) is 26.8 Å². The number of nitrogens with one attached hydrogen (secondary N) is 1. The fraction of sp³-hybridized carbons (Fsp3) is 0.379. The Morgan fingerprint density at radius 1 is 1.21 bits per heavy atom. The Balaban J connectivity index is 1.41. The van der Waals surface area contributed by atoms with Gasteiger partial charge in [0.2, 0.25) is 0 Å². The second kappa shape index (κ2) is 13.1. The number of carbonyl (C=O) groups excluding carboxylic acids is 2. The summed E-state index contributed by atoms with van der Waals surface area (Å²) < 4.78 is 13.5. The molecule has 0 unspecified atom stereocenters. The first-order valence-electron chi connectivity index (χ1n) is 12.8. The predicted octanol–water partition coefficient (Wildman–Crippen LogP) is 6.91. The Kier molecular flexibility index (Phi) is 9.82. The third-order valence-corrected chi connectivity index (χ3v) is 8.87. The van der Waals surface area contributed by atoms with Crippen LogP contribution in [0.5, 0.6) is 5.75 Å². The molecule has 1 saturated heterocycles. The monoisotopic (exact) mass is 587 g/mol. The van der Waals surface area contributed by atoms with Crippen molar-refractivity contribution in [3.05, 3.63) is 64.0 Å². The van der Waals surface area contributed by atoms with Gasteiger partial charge in [0.1, 0.15) is 17.2 Å². The molecule has 0 atom stereocenters. The van der Waals surface area contributed by atoms with E-state index in [0.717, 1.165) is 48.6 Å². The highest BCUT2D eigenvalue weighted by atomic mass is 35.5. The second-order valence-electron chi connectivity index (χ2n) is 10.3. The smallest absolute Gasteiger partial charge is 0.352 e. The molecule has 0 radical (unpaired) electrons. The van der Waals surface area contributed by atoms with E-state index in [1.165, 1.54) is 16.9 Å². The topological polar surface area (TPSA) is 93.9 Å². The van der Waals surface area contributed by atoms with Crippen molar-refractivity contribution in [1.82, 2.24) is 4.31 Å². The Hall–Kier alpha value is -2.72. The van der Waals surface area contributed by atoms with Crippen molar-refractivity contribution in [3.8, 4) is 16.2 Å². The average molecular weight is 588 g/mol. The Morgan fingerprint density at radius 3 is 2.64 bits per heavy atom. The first-order valence-corrected chi connectivity index (χ1v) is 15.0. The molecule has 3 N–H and O–H groups in total. The van der Waals surface area contributed by atoms with Crippen LogP contribution >= 0.6 is 34.9 Å². The Labute approximate surface area is 243 Å². The van der Waals surface area contributed by atoms with Gasteiger partial charge >= 0.3 is 5.97 Å². The molecule has 1 fully saturated rings. The van der Waals surface area contributed by atoms with Gasteiger partial charge < -0.3 is 20.5 Å².